The molecule has 2 aliphatic rings. The number of nitrogens with zero attached hydrogens (tertiary/aromatic N) is 3. The maximum absolute atomic E-state index is 13.3. The summed E-state index contributed by atoms with van der Waals surface area (Å²) in [7, 11) is 2.20. The van der Waals surface area contributed by atoms with Gasteiger partial charge in [-0.05, 0) is 51.6 Å². The highest BCUT2D eigenvalue weighted by molar-refractivity contribution is 5.94. The van der Waals surface area contributed by atoms with Crippen LogP contribution >= 0.6 is 0 Å². The van der Waals surface area contributed by atoms with Crippen molar-refractivity contribution in [1.29, 1.82) is 0 Å². The maximum Gasteiger partial charge on any atom is 0.241 e. The van der Waals surface area contributed by atoms with Crippen molar-refractivity contribution in [2.75, 3.05) is 51.6 Å². The van der Waals surface area contributed by atoms with E-state index in [1.165, 1.54) is 31.5 Å². The molecule has 6 heteroatoms. The van der Waals surface area contributed by atoms with E-state index in [-0.39, 0.29) is 17.8 Å². The molecular weight excluding hydrogens is 319 g/mol. The number of nitrogens with one attached hydrogen (secondary N) is 1. The number of piperidine rings is 1. The quantitative estimate of drug-likeness (QED) is 0.902. The van der Waals surface area contributed by atoms with Gasteiger partial charge in [-0.2, -0.15) is 0 Å². The number of rotatable bonds is 4. The van der Waals surface area contributed by atoms with Gasteiger partial charge in [-0.1, -0.05) is 6.07 Å². The van der Waals surface area contributed by atoms with Crippen LogP contribution < -0.4 is 5.32 Å². The monoisotopic (exact) mass is 348 g/mol. The first-order valence-electron chi connectivity index (χ1n) is 9.26. The van der Waals surface area contributed by atoms with Crippen molar-refractivity contribution in [3.8, 4) is 0 Å². The first kappa shape index (κ1) is 18.3. The molecule has 0 saturated carbocycles. The zero-order valence-corrected chi connectivity index (χ0v) is 15.2. The zero-order valence-electron chi connectivity index (χ0n) is 15.2. The molecule has 0 aliphatic carbocycles. The number of likely N-dealkylation sites (N-methyl/N-ethyl adjacent to an activating group) is 1. The van der Waals surface area contributed by atoms with Gasteiger partial charge in [-0.15, -0.1) is 0 Å². The van der Waals surface area contributed by atoms with Crippen molar-refractivity contribution in [1.82, 2.24) is 14.7 Å². The Morgan fingerprint density at radius 1 is 1.24 bits per heavy atom. The first-order valence-corrected chi connectivity index (χ1v) is 9.26. The van der Waals surface area contributed by atoms with Crippen LogP contribution in [-0.4, -0.2) is 79.0 Å². The van der Waals surface area contributed by atoms with Crippen molar-refractivity contribution >= 4 is 11.6 Å². The number of benzene rings is 1. The molecule has 0 radical (unpaired) electrons. The third-order valence-electron chi connectivity index (χ3n) is 5.48. The highest BCUT2D eigenvalue weighted by Gasteiger charge is 2.30. The van der Waals surface area contributed by atoms with Crippen molar-refractivity contribution in [2.45, 2.75) is 31.8 Å². The summed E-state index contributed by atoms with van der Waals surface area (Å²) in [5.74, 6) is -0.409. The van der Waals surface area contributed by atoms with E-state index in [9.17, 15) is 9.18 Å². The molecule has 1 aromatic carbocycles. The van der Waals surface area contributed by atoms with Crippen LogP contribution in [0.15, 0.2) is 24.3 Å². The number of hydrogen-bond acceptors (Lipinski definition) is 4. The van der Waals surface area contributed by atoms with Crippen molar-refractivity contribution in [3.63, 3.8) is 0 Å². The van der Waals surface area contributed by atoms with Crippen LogP contribution in [0.2, 0.25) is 0 Å². The van der Waals surface area contributed by atoms with Crippen molar-refractivity contribution in [2.24, 2.45) is 0 Å². The standard InChI is InChI=1S/C19H29FN4O/c1-15(19(25)21-17-6-3-5-16(20)13-17)23-9-11-24(12-10-23)18-7-4-8-22(2)14-18/h3,5-6,13,15,18H,4,7-12,14H2,1-2H3,(H,21,25). The van der Waals surface area contributed by atoms with E-state index in [0.717, 1.165) is 32.7 Å². The van der Waals surface area contributed by atoms with Gasteiger partial charge in [0, 0.05) is 44.5 Å². The highest BCUT2D eigenvalue weighted by atomic mass is 19.1. The molecule has 25 heavy (non-hydrogen) atoms. The molecule has 1 amide bonds. The second kappa shape index (κ2) is 8.25. The Morgan fingerprint density at radius 2 is 2.00 bits per heavy atom. The lowest BCUT2D eigenvalue weighted by Crippen LogP contribution is -2.57. The second-order valence-corrected chi connectivity index (χ2v) is 7.31. The van der Waals surface area contributed by atoms with Gasteiger partial charge in [0.25, 0.3) is 0 Å². The normalized spacial score (nSPS) is 24.8. The van der Waals surface area contributed by atoms with E-state index < -0.39 is 0 Å². The van der Waals surface area contributed by atoms with E-state index in [0.29, 0.717) is 11.7 Å². The number of hydrogen-bond donors (Lipinski definition) is 1. The Hall–Kier alpha value is -1.50. The average Bonchev–Trinajstić information content (AvgIpc) is 2.61. The van der Waals surface area contributed by atoms with E-state index in [4.69, 9.17) is 0 Å². The number of anilines is 1. The molecule has 0 aromatic heterocycles. The summed E-state index contributed by atoms with van der Waals surface area (Å²) in [5.41, 5.74) is 0.515. The van der Waals surface area contributed by atoms with Gasteiger partial charge < -0.3 is 10.2 Å². The summed E-state index contributed by atoms with van der Waals surface area (Å²) in [6.45, 7) is 8.10. The molecule has 2 unspecified atom stereocenters. The summed E-state index contributed by atoms with van der Waals surface area (Å²) < 4.78 is 13.3. The van der Waals surface area contributed by atoms with Gasteiger partial charge >= 0.3 is 0 Å². The molecule has 1 N–H and O–H groups in total. The SMILES string of the molecule is CC(C(=O)Nc1cccc(F)c1)N1CCN(C2CCCN(C)C2)CC1. The fourth-order valence-corrected chi connectivity index (χ4v) is 3.91. The topological polar surface area (TPSA) is 38.8 Å². The highest BCUT2D eigenvalue weighted by Crippen LogP contribution is 2.18. The van der Waals surface area contributed by atoms with E-state index >= 15 is 0 Å². The largest absolute Gasteiger partial charge is 0.325 e. The Morgan fingerprint density at radius 3 is 2.68 bits per heavy atom. The Kier molecular flexibility index (Phi) is 6.04. The lowest BCUT2D eigenvalue weighted by molar-refractivity contribution is -0.121. The maximum atomic E-state index is 13.3. The molecule has 5 nitrogen and oxygen atoms in total. The number of amides is 1. The van der Waals surface area contributed by atoms with Gasteiger partial charge in [-0.3, -0.25) is 14.6 Å². The van der Waals surface area contributed by atoms with E-state index in [1.807, 2.05) is 6.92 Å². The second-order valence-electron chi connectivity index (χ2n) is 7.31. The molecule has 2 fully saturated rings. The molecule has 138 valence electrons. The molecule has 2 aliphatic heterocycles. The van der Waals surface area contributed by atoms with E-state index in [1.54, 1.807) is 12.1 Å². The number of halogens is 1. The minimum absolute atomic E-state index is 0.0727. The first-order chi connectivity index (χ1) is 12.0. The summed E-state index contributed by atoms with van der Waals surface area (Å²) in [6, 6.07) is 6.49. The number of likely N-dealkylation sites (tertiary alicyclic amines) is 1. The predicted octanol–water partition coefficient (Wildman–Crippen LogP) is 1.86. The van der Waals surface area contributed by atoms with Gasteiger partial charge in [0.05, 0.1) is 6.04 Å². The molecule has 2 saturated heterocycles. The van der Waals surface area contributed by atoms with Gasteiger partial charge in [0.15, 0.2) is 0 Å². The van der Waals surface area contributed by atoms with Crippen molar-refractivity contribution < 1.29 is 9.18 Å². The zero-order chi connectivity index (χ0) is 17.8. The minimum atomic E-state index is -0.337. The number of piperazine rings is 1. The summed E-state index contributed by atoms with van der Waals surface area (Å²) >= 11 is 0. The third-order valence-corrected chi connectivity index (χ3v) is 5.48. The summed E-state index contributed by atoms with van der Waals surface area (Å²) in [5, 5.41) is 2.82. The van der Waals surface area contributed by atoms with Crippen LogP contribution in [0.3, 0.4) is 0 Å². The fourth-order valence-electron chi connectivity index (χ4n) is 3.91. The van der Waals surface area contributed by atoms with Crippen LogP contribution in [0.4, 0.5) is 10.1 Å². The number of carbonyl (C=O) groups excluding carboxylic acids is 1. The van der Waals surface area contributed by atoms with Gasteiger partial charge in [-0.25, -0.2) is 4.39 Å². The summed E-state index contributed by atoms with van der Waals surface area (Å²) in [6.07, 6.45) is 2.55. The smallest absolute Gasteiger partial charge is 0.241 e. The molecule has 2 heterocycles. The fraction of sp³-hybridized carbons (Fsp3) is 0.632. The Bertz CT molecular complexity index is 589. The summed E-state index contributed by atoms with van der Waals surface area (Å²) in [4.78, 5) is 19.7. The predicted molar refractivity (Wildman–Crippen MR) is 98.2 cm³/mol. The van der Waals surface area contributed by atoms with E-state index in [2.05, 4.69) is 27.1 Å². The molecule has 2 atom stereocenters. The van der Waals surface area contributed by atoms with Gasteiger partial charge in [0.2, 0.25) is 5.91 Å². The van der Waals surface area contributed by atoms with Crippen LogP contribution in [0, 0.1) is 5.82 Å². The lowest BCUT2D eigenvalue weighted by atomic mass is 10.0. The van der Waals surface area contributed by atoms with Crippen LogP contribution in [0.5, 0.6) is 0 Å². The lowest BCUT2D eigenvalue weighted by Gasteiger charge is -2.43. The van der Waals surface area contributed by atoms with Crippen LogP contribution in [0.25, 0.3) is 0 Å². The molecular formula is C19H29FN4O. The van der Waals surface area contributed by atoms with Crippen LogP contribution in [-0.2, 0) is 4.79 Å². The van der Waals surface area contributed by atoms with Crippen molar-refractivity contribution in [3.05, 3.63) is 30.1 Å². The number of carbonyl (C=O) groups is 1. The molecule has 0 bridgehead atoms. The third kappa shape index (κ3) is 4.77. The Labute approximate surface area is 149 Å². The minimum Gasteiger partial charge on any atom is -0.325 e. The average molecular weight is 348 g/mol. The molecule has 1 aromatic rings. The van der Waals surface area contributed by atoms with Crippen LogP contribution in [0.1, 0.15) is 19.8 Å². The molecule has 0 spiro atoms. The molecule has 3 rings (SSSR count). The Balaban J connectivity index is 1.49. The van der Waals surface area contributed by atoms with Gasteiger partial charge in [0.1, 0.15) is 5.82 Å².